The smallest absolute Gasteiger partial charge is 0.0453 e. The van der Waals surface area contributed by atoms with Gasteiger partial charge in [0.1, 0.15) is 0 Å². The average Bonchev–Trinajstić information content (AvgIpc) is 2.46. The molecule has 1 nitrogen and oxygen atoms in total. The van der Waals surface area contributed by atoms with Gasteiger partial charge in [0.25, 0.3) is 0 Å². The van der Waals surface area contributed by atoms with E-state index in [0.29, 0.717) is 5.02 Å². The van der Waals surface area contributed by atoms with Crippen LogP contribution >= 0.6 is 23.2 Å². The van der Waals surface area contributed by atoms with Gasteiger partial charge >= 0.3 is 0 Å². The van der Waals surface area contributed by atoms with E-state index in [4.69, 9.17) is 23.2 Å². The van der Waals surface area contributed by atoms with Crippen LogP contribution in [-0.2, 0) is 6.42 Å². The molecule has 2 aromatic carbocycles. The van der Waals surface area contributed by atoms with Crippen molar-refractivity contribution in [1.82, 2.24) is 5.32 Å². The van der Waals surface area contributed by atoms with E-state index in [9.17, 15) is 0 Å². The Bertz CT molecular complexity index is 578. The first-order valence-corrected chi connectivity index (χ1v) is 8.09. The maximum atomic E-state index is 6.31. The minimum absolute atomic E-state index is 0.268. The summed E-state index contributed by atoms with van der Waals surface area (Å²) in [6, 6.07) is 14.7. The predicted molar refractivity (Wildman–Crippen MR) is 92.4 cm³/mol. The number of hydrogen-bond donors (Lipinski definition) is 1. The molecule has 112 valence electrons. The largest absolute Gasteiger partial charge is 0.310 e. The van der Waals surface area contributed by atoms with E-state index in [0.717, 1.165) is 30.0 Å². The average molecular weight is 322 g/mol. The predicted octanol–water partition coefficient (Wildman–Crippen LogP) is 5.59. The second-order valence-electron chi connectivity index (χ2n) is 5.36. The Morgan fingerprint density at radius 2 is 1.76 bits per heavy atom. The van der Waals surface area contributed by atoms with Gasteiger partial charge in [-0.25, -0.2) is 0 Å². The Kier molecular flexibility index (Phi) is 6.10. The van der Waals surface area contributed by atoms with Gasteiger partial charge in [0, 0.05) is 16.1 Å². The van der Waals surface area contributed by atoms with Gasteiger partial charge in [-0.15, -0.1) is 0 Å². The van der Waals surface area contributed by atoms with Gasteiger partial charge in [-0.05, 0) is 49.6 Å². The number of nitrogens with one attached hydrogen (secondary N) is 1. The lowest BCUT2D eigenvalue weighted by Crippen LogP contribution is -2.24. The lowest BCUT2D eigenvalue weighted by atomic mass is 9.98. The summed E-state index contributed by atoms with van der Waals surface area (Å²) >= 11 is 12.3. The fourth-order valence-corrected chi connectivity index (χ4v) is 2.82. The number of benzene rings is 2. The molecule has 0 radical (unpaired) electrons. The third-order valence-corrected chi connectivity index (χ3v) is 4.15. The summed E-state index contributed by atoms with van der Waals surface area (Å²) in [4.78, 5) is 0. The summed E-state index contributed by atoms with van der Waals surface area (Å²) in [7, 11) is 0. The molecule has 21 heavy (non-hydrogen) atoms. The molecule has 0 bridgehead atoms. The summed E-state index contributed by atoms with van der Waals surface area (Å²) < 4.78 is 0. The molecule has 2 rings (SSSR count). The molecule has 0 aliphatic carbocycles. The van der Waals surface area contributed by atoms with Crippen molar-refractivity contribution in [1.29, 1.82) is 0 Å². The van der Waals surface area contributed by atoms with Crippen molar-refractivity contribution < 1.29 is 0 Å². The van der Waals surface area contributed by atoms with Crippen LogP contribution in [0.2, 0.25) is 10.0 Å². The second-order valence-corrected chi connectivity index (χ2v) is 6.20. The molecule has 1 atom stereocenters. The van der Waals surface area contributed by atoms with E-state index >= 15 is 0 Å². The van der Waals surface area contributed by atoms with Crippen molar-refractivity contribution in [2.75, 3.05) is 6.54 Å². The van der Waals surface area contributed by atoms with E-state index in [1.54, 1.807) is 0 Å². The first-order chi connectivity index (χ1) is 10.1. The zero-order valence-electron chi connectivity index (χ0n) is 12.5. The minimum atomic E-state index is 0.268. The lowest BCUT2D eigenvalue weighted by molar-refractivity contribution is 0.529. The zero-order valence-corrected chi connectivity index (χ0v) is 14.0. The number of hydrogen-bond acceptors (Lipinski definition) is 1. The Morgan fingerprint density at radius 1 is 1.05 bits per heavy atom. The van der Waals surface area contributed by atoms with Crippen LogP contribution in [0.3, 0.4) is 0 Å². The molecule has 0 aliphatic rings. The highest BCUT2D eigenvalue weighted by atomic mass is 35.5. The maximum Gasteiger partial charge on any atom is 0.0453 e. The first kappa shape index (κ1) is 16.4. The molecule has 0 aromatic heterocycles. The third kappa shape index (κ3) is 4.74. The number of rotatable bonds is 6. The fraction of sp³-hybridized carbons (Fsp3) is 0.333. The van der Waals surface area contributed by atoms with Gasteiger partial charge in [0.2, 0.25) is 0 Å². The van der Waals surface area contributed by atoms with Crippen LogP contribution in [0.1, 0.15) is 36.1 Å². The summed E-state index contributed by atoms with van der Waals surface area (Å²) in [5, 5.41) is 5.02. The summed E-state index contributed by atoms with van der Waals surface area (Å²) in [6.45, 7) is 5.27. The zero-order chi connectivity index (χ0) is 15.2. The summed E-state index contributed by atoms with van der Waals surface area (Å²) in [6.07, 6.45) is 1.97. The molecule has 0 fully saturated rings. The fourth-order valence-electron chi connectivity index (χ4n) is 2.33. The van der Waals surface area contributed by atoms with Gasteiger partial charge in [0.15, 0.2) is 0 Å². The molecule has 0 aliphatic heterocycles. The van der Waals surface area contributed by atoms with E-state index in [-0.39, 0.29) is 6.04 Å². The highest BCUT2D eigenvalue weighted by Gasteiger charge is 2.13. The highest BCUT2D eigenvalue weighted by molar-refractivity contribution is 6.35. The normalized spacial score (nSPS) is 12.4. The van der Waals surface area contributed by atoms with Gasteiger partial charge in [-0.3, -0.25) is 0 Å². The Labute approximate surface area is 137 Å². The van der Waals surface area contributed by atoms with Crippen molar-refractivity contribution in [3.63, 3.8) is 0 Å². The van der Waals surface area contributed by atoms with Crippen molar-refractivity contribution in [3.8, 4) is 0 Å². The van der Waals surface area contributed by atoms with Gasteiger partial charge in [-0.1, -0.05) is 66.0 Å². The Morgan fingerprint density at radius 3 is 2.38 bits per heavy atom. The van der Waals surface area contributed by atoms with Crippen molar-refractivity contribution in [2.24, 2.45) is 0 Å². The molecule has 2 aromatic rings. The van der Waals surface area contributed by atoms with Crippen LogP contribution in [0.15, 0.2) is 42.5 Å². The quantitative estimate of drug-likeness (QED) is 0.731. The van der Waals surface area contributed by atoms with Crippen LogP contribution in [0.5, 0.6) is 0 Å². The third-order valence-electron chi connectivity index (χ3n) is 3.56. The van der Waals surface area contributed by atoms with Gasteiger partial charge in [0.05, 0.1) is 0 Å². The molecule has 0 saturated carbocycles. The molecule has 1 N–H and O–H groups in total. The molecule has 0 saturated heterocycles. The highest BCUT2D eigenvalue weighted by Crippen LogP contribution is 2.26. The van der Waals surface area contributed by atoms with Crippen LogP contribution in [-0.4, -0.2) is 6.54 Å². The molecular formula is C18H21Cl2N. The summed E-state index contributed by atoms with van der Waals surface area (Å²) in [5.41, 5.74) is 3.69. The lowest BCUT2D eigenvalue weighted by Gasteiger charge is -2.20. The number of aryl methyl sites for hydroxylation is 1. The molecule has 0 amide bonds. The van der Waals surface area contributed by atoms with Crippen LogP contribution in [0, 0.1) is 6.92 Å². The minimum Gasteiger partial charge on any atom is -0.310 e. The van der Waals surface area contributed by atoms with E-state index in [2.05, 4.69) is 43.4 Å². The Hall–Kier alpha value is -1.02. The molecule has 0 heterocycles. The van der Waals surface area contributed by atoms with Crippen LogP contribution < -0.4 is 5.32 Å². The standard InChI is InChI=1S/C18H21Cl2N/c1-3-10-21-18(14-6-4-13(2)5-7-14)11-15-8-9-16(19)12-17(15)20/h4-9,12,18,21H,3,10-11H2,1-2H3. The maximum absolute atomic E-state index is 6.31. The monoisotopic (exact) mass is 321 g/mol. The van der Waals surface area contributed by atoms with Crippen molar-refractivity contribution >= 4 is 23.2 Å². The molecule has 3 heteroatoms. The van der Waals surface area contributed by atoms with Crippen LogP contribution in [0.25, 0.3) is 0 Å². The van der Waals surface area contributed by atoms with E-state index in [1.807, 2.05) is 18.2 Å². The van der Waals surface area contributed by atoms with Gasteiger partial charge < -0.3 is 5.32 Å². The van der Waals surface area contributed by atoms with E-state index < -0.39 is 0 Å². The second kappa shape index (κ2) is 7.84. The van der Waals surface area contributed by atoms with Crippen molar-refractivity contribution in [3.05, 3.63) is 69.2 Å². The van der Waals surface area contributed by atoms with Gasteiger partial charge in [-0.2, -0.15) is 0 Å². The molecule has 1 unspecified atom stereocenters. The first-order valence-electron chi connectivity index (χ1n) is 7.34. The SMILES string of the molecule is CCCNC(Cc1ccc(Cl)cc1Cl)c1ccc(C)cc1. The molecular weight excluding hydrogens is 301 g/mol. The number of halogens is 2. The van der Waals surface area contributed by atoms with Crippen LogP contribution in [0.4, 0.5) is 0 Å². The topological polar surface area (TPSA) is 12.0 Å². The van der Waals surface area contributed by atoms with Crippen molar-refractivity contribution in [2.45, 2.75) is 32.7 Å². The summed E-state index contributed by atoms with van der Waals surface area (Å²) in [5.74, 6) is 0. The molecule has 0 spiro atoms. The van der Waals surface area contributed by atoms with E-state index in [1.165, 1.54) is 11.1 Å². The Balaban J connectivity index is 2.21.